The van der Waals surface area contributed by atoms with Crippen molar-refractivity contribution in [2.24, 2.45) is 0 Å². The summed E-state index contributed by atoms with van der Waals surface area (Å²) in [4.78, 5) is 0. The predicted octanol–water partition coefficient (Wildman–Crippen LogP) is 4.33. The molecule has 0 heterocycles. The van der Waals surface area contributed by atoms with Gasteiger partial charge >= 0.3 is 95.7 Å². The normalized spacial score (nSPS) is 21.1. The Morgan fingerprint density at radius 2 is 1.27 bits per heavy atom. The number of hydrogen-bond acceptors (Lipinski definition) is 0. The Morgan fingerprint density at radius 1 is 0.867 bits per heavy atom. The quantitative estimate of drug-likeness (QED) is 0.649. The molecule has 80 valence electrons. The van der Waals surface area contributed by atoms with Gasteiger partial charge in [-0.3, -0.25) is 0 Å². The van der Waals surface area contributed by atoms with Crippen molar-refractivity contribution in [3.63, 3.8) is 0 Å². The second kappa shape index (κ2) is 3.82. The van der Waals surface area contributed by atoms with E-state index in [1.165, 1.54) is 12.8 Å². The summed E-state index contributed by atoms with van der Waals surface area (Å²) in [7, 11) is 0. The average molecular weight is 261 g/mol. The van der Waals surface area contributed by atoms with Crippen molar-refractivity contribution in [3.05, 3.63) is 44.3 Å². The van der Waals surface area contributed by atoms with Crippen molar-refractivity contribution < 1.29 is 0 Å². The standard InChI is InChI=1S/C14H20Ge/c1-11-7-5-9-13(11)15(3,4)14-10-6-8-12(14)2/h5-8H,9-10H2,1-4H3. The molecule has 1 heteroatoms. The van der Waals surface area contributed by atoms with Crippen LogP contribution in [0.3, 0.4) is 0 Å². The van der Waals surface area contributed by atoms with Crippen molar-refractivity contribution >= 4 is 13.3 Å². The van der Waals surface area contributed by atoms with Gasteiger partial charge in [-0.25, -0.2) is 0 Å². The van der Waals surface area contributed by atoms with Crippen LogP contribution >= 0.6 is 0 Å². The van der Waals surface area contributed by atoms with Gasteiger partial charge in [0, 0.05) is 0 Å². The van der Waals surface area contributed by atoms with Crippen molar-refractivity contribution in [3.8, 4) is 0 Å². The van der Waals surface area contributed by atoms with Gasteiger partial charge in [0.2, 0.25) is 0 Å². The van der Waals surface area contributed by atoms with Crippen LogP contribution in [0.1, 0.15) is 26.7 Å². The molecule has 0 aromatic rings. The Hall–Kier alpha value is -0.497. The van der Waals surface area contributed by atoms with Crippen molar-refractivity contribution in [1.29, 1.82) is 0 Å². The fourth-order valence-corrected chi connectivity index (χ4v) is 10.8. The number of hydrogen-bond donors (Lipinski definition) is 0. The van der Waals surface area contributed by atoms with Crippen LogP contribution in [0.25, 0.3) is 0 Å². The molecule has 0 aromatic heterocycles. The Morgan fingerprint density at radius 3 is 1.53 bits per heavy atom. The van der Waals surface area contributed by atoms with Crippen LogP contribution in [0.4, 0.5) is 0 Å². The molecular formula is C14H20Ge. The molecule has 0 N–H and O–H groups in total. The molecule has 0 fully saturated rings. The maximum atomic E-state index is 2.55. The first kappa shape index (κ1) is 11.0. The molecule has 0 unspecified atom stereocenters. The van der Waals surface area contributed by atoms with Crippen LogP contribution in [0.5, 0.6) is 0 Å². The maximum absolute atomic E-state index is 2.55. The molecule has 0 saturated heterocycles. The van der Waals surface area contributed by atoms with Gasteiger partial charge in [0.05, 0.1) is 0 Å². The topological polar surface area (TPSA) is 0 Å². The van der Waals surface area contributed by atoms with E-state index in [9.17, 15) is 0 Å². The molecule has 0 aliphatic heterocycles. The minimum absolute atomic E-state index is 1.22. The Labute approximate surface area is 95.8 Å². The van der Waals surface area contributed by atoms with Gasteiger partial charge in [-0.05, 0) is 0 Å². The first-order chi connectivity index (χ1) is 7.03. The van der Waals surface area contributed by atoms with Gasteiger partial charge in [0.15, 0.2) is 0 Å². The summed E-state index contributed by atoms with van der Waals surface area (Å²) in [5, 5.41) is 0. The third-order valence-corrected chi connectivity index (χ3v) is 12.7. The van der Waals surface area contributed by atoms with Gasteiger partial charge in [-0.1, -0.05) is 0 Å². The van der Waals surface area contributed by atoms with E-state index in [-0.39, 0.29) is 0 Å². The molecular weight excluding hydrogens is 241 g/mol. The summed E-state index contributed by atoms with van der Waals surface area (Å²) in [6, 6.07) is 0. The van der Waals surface area contributed by atoms with Gasteiger partial charge in [-0.2, -0.15) is 0 Å². The van der Waals surface area contributed by atoms with E-state index >= 15 is 0 Å². The molecule has 0 bridgehead atoms. The zero-order valence-corrected chi connectivity index (χ0v) is 12.3. The third-order valence-electron chi connectivity index (χ3n) is 3.84. The fraction of sp³-hybridized carbons (Fsp3) is 0.429. The molecule has 2 aliphatic rings. The van der Waals surface area contributed by atoms with E-state index in [2.05, 4.69) is 49.7 Å². The summed E-state index contributed by atoms with van der Waals surface area (Å²) in [5.74, 6) is 5.11. The SMILES string of the molecule is CC1=[C]([Ge]([CH3])([CH3])[C]2=C(C)C=CC2)CC=C1. The van der Waals surface area contributed by atoms with Crippen LogP contribution in [0.2, 0.25) is 11.5 Å². The molecule has 0 saturated carbocycles. The molecule has 0 amide bonds. The van der Waals surface area contributed by atoms with Crippen molar-refractivity contribution in [1.82, 2.24) is 0 Å². The average Bonchev–Trinajstić information content (AvgIpc) is 2.73. The van der Waals surface area contributed by atoms with E-state index in [4.69, 9.17) is 0 Å². The first-order valence-electron chi connectivity index (χ1n) is 5.77. The molecule has 0 nitrogen and oxygen atoms in total. The van der Waals surface area contributed by atoms with E-state index in [1.54, 1.807) is 20.0 Å². The molecule has 15 heavy (non-hydrogen) atoms. The molecule has 0 radical (unpaired) electrons. The van der Waals surface area contributed by atoms with Crippen LogP contribution in [-0.4, -0.2) is 13.3 Å². The predicted molar refractivity (Wildman–Crippen MR) is 70.4 cm³/mol. The summed E-state index contributed by atoms with van der Waals surface area (Å²) in [6.07, 6.45) is 11.7. The van der Waals surface area contributed by atoms with E-state index in [0.29, 0.717) is 0 Å². The fourth-order valence-electron chi connectivity index (χ4n) is 2.91. The van der Waals surface area contributed by atoms with Crippen LogP contribution in [0.15, 0.2) is 44.3 Å². The number of allylic oxidation sites excluding steroid dienone is 8. The van der Waals surface area contributed by atoms with E-state index < -0.39 is 13.3 Å². The Kier molecular flexibility index (Phi) is 2.80. The van der Waals surface area contributed by atoms with Gasteiger partial charge in [-0.15, -0.1) is 0 Å². The van der Waals surface area contributed by atoms with E-state index in [0.717, 1.165) is 0 Å². The monoisotopic (exact) mass is 262 g/mol. The third kappa shape index (κ3) is 1.80. The summed E-state index contributed by atoms with van der Waals surface area (Å²) in [5.41, 5.74) is 3.10. The Balaban J connectivity index is 2.37. The molecule has 2 rings (SSSR count). The summed E-state index contributed by atoms with van der Waals surface area (Å²) >= 11 is -1.88. The zero-order chi connectivity index (χ0) is 11.1. The van der Waals surface area contributed by atoms with Crippen molar-refractivity contribution in [2.75, 3.05) is 0 Å². The van der Waals surface area contributed by atoms with Gasteiger partial charge in [0.25, 0.3) is 0 Å². The van der Waals surface area contributed by atoms with Gasteiger partial charge < -0.3 is 0 Å². The minimum atomic E-state index is -1.88. The molecule has 2 aliphatic carbocycles. The summed E-state index contributed by atoms with van der Waals surface area (Å²) in [6.45, 7) is 4.56. The summed E-state index contributed by atoms with van der Waals surface area (Å²) < 4.78 is 3.57. The van der Waals surface area contributed by atoms with E-state index in [1.807, 2.05) is 0 Å². The van der Waals surface area contributed by atoms with Gasteiger partial charge in [0.1, 0.15) is 0 Å². The zero-order valence-electron chi connectivity index (χ0n) is 10.2. The van der Waals surface area contributed by atoms with Crippen molar-refractivity contribution in [2.45, 2.75) is 38.2 Å². The van der Waals surface area contributed by atoms with Crippen LogP contribution < -0.4 is 0 Å². The molecule has 0 atom stereocenters. The molecule has 0 aromatic carbocycles. The Bertz CT molecular complexity index is 365. The first-order valence-corrected chi connectivity index (χ1v) is 12.1. The van der Waals surface area contributed by atoms with Crippen LogP contribution in [-0.2, 0) is 0 Å². The van der Waals surface area contributed by atoms with Crippen LogP contribution in [0, 0.1) is 0 Å². The molecule has 0 spiro atoms. The second-order valence-corrected chi connectivity index (χ2v) is 14.5. The number of rotatable bonds is 2. The second-order valence-electron chi connectivity index (χ2n) is 5.16.